The van der Waals surface area contributed by atoms with Crippen molar-refractivity contribution < 1.29 is 18.7 Å². The Morgan fingerprint density at radius 1 is 1.26 bits per heavy atom. The number of carbonyl (C=O) groups is 2. The van der Waals surface area contributed by atoms with E-state index in [4.69, 9.17) is 0 Å². The van der Waals surface area contributed by atoms with E-state index < -0.39 is 23.9 Å². The number of hydrogen-bond acceptors (Lipinski definition) is 3. The summed E-state index contributed by atoms with van der Waals surface area (Å²) < 4.78 is 17.9. The molecule has 2 amide bonds. The van der Waals surface area contributed by atoms with Crippen molar-refractivity contribution in [3.8, 4) is 0 Å². The Balaban J connectivity index is 2.68. The molecule has 0 aliphatic heterocycles. The van der Waals surface area contributed by atoms with Gasteiger partial charge in [0.15, 0.2) is 0 Å². The molecule has 0 aromatic heterocycles. The summed E-state index contributed by atoms with van der Waals surface area (Å²) in [5, 5.41) is 4.79. The topological polar surface area (TPSA) is 67.4 Å². The fourth-order valence-corrected chi connectivity index (χ4v) is 1.49. The summed E-state index contributed by atoms with van der Waals surface area (Å²) in [7, 11) is 1.24. The Kier molecular flexibility index (Phi) is 5.29. The van der Waals surface area contributed by atoms with Crippen molar-refractivity contribution >= 4 is 17.7 Å². The summed E-state index contributed by atoms with van der Waals surface area (Å²) in [6.45, 7) is 3.54. The molecule has 0 bridgehead atoms. The third-order valence-electron chi connectivity index (χ3n) is 2.53. The highest BCUT2D eigenvalue weighted by molar-refractivity contribution is 5.92. The van der Waals surface area contributed by atoms with E-state index in [0.717, 1.165) is 0 Å². The van der Waals surface area contributed by atoms with Gasteiger partial charge in [-0.2, -0.15) is 0 Å². The number of rotatable bonds is 4. The molecule has 0 heterocycles. The molecule has 5 nitrogen and oxygen atoms in total. The molecule has 0 aliphatic carbocycles. The minimum absolute atomic E-state index is 0.0485. The van der Waals surface area contributed by atoms with Gasteiger partial charge in [-0.25, -0.2) is 14.0 Å². The van der Waals surface area contributed by atoms with Crippen LogP contribution in [0.1, 0.15) is 13.8 Å². The smallest absolute Gasteiger partial charge is 0.328 e. The van der Waals surface area contributed by atoms with Crippen LogP contribution in [0.25, 0.3) is 0 Å². The maximum Gasteiger partial charge on any atom is 0.328 e. The Labute approximate surface area is 111 Å². The van der Waals surface area contributed by atoms with Crippen molar-refractivity contribution in [1.29, 1.82) is 0 Å². The molecule has 6 heteroatoms. The second-order valence-corrected chi connectivity index (χ2v) is 4.32. The number of nitrogens with one attached hydrogen (secondary N) is 2. The number of amides is 2. The van der Waals surface area contributed by atoms with Gasteiger partial charge in [-0.15, -0.1) is 0 Å². The molecule has 0 saturated carbocycles. The van der Waals surface area contributed by atoms with E-state index in [1.165, 1.54) is 25.3 Å². The summed E-state index contributed by atoms with van der Waals surface area (Å²) >= 11 is 0. The van der Waals surface area contributed by atoms with E-state index in [1.807, 2.05) is 0 Å². The number of methoxy groups -OCH3 is 1. The quantitative estimate of drug-likeness (QED) is 0.822. The van der Waals surface area contributed by atoms with Crippen LogP contribution < -0.4 is 10.6 Å². The summed E-state index contributed by atoms with van der Waals surface area (Å²) in [5.41, 5.74) is 0.0485. The van der Waals surface area contributed by atoms with Crippen LogP contribution in [-0.4, -0.2) is 25.2 Å². The number of urea groups is 1. The summed E-state index contributed by atoms with van der Waals surface area (Å²) in [4.78, 5) is 23.2. The van der Waals surface area contributed by atoms with Crippen molar-refractivity contribution in [2.24, 2.45) is 5.92 Å². The van der Waals surface area contributed by atoms with E-state index in [0.29, 0.717) is 0 Å². The minimum atomic E-state index is -0.781. The number of hydrogen-bond donors (Lipinski definition) is 2. The lowest BCUT2D eigenvalue weighted by Gasteiger charge is -2.20. The molecule has 0 radical (unpaired) electrons. The van der Waals surface area contributed by atoms with Crippen LogP contribution in [0.2, 0.25) is 0 Å². The second kappa shape index (κ2) is 6.72. The molecule has 1 rings (SSSR count). The summed E-state index contributed by atoms with van der Waals surface area (Å²) in [6, 6.07) is 4.33. The Morgan fingerprint density at radius 2 is 1.89 bits per heavy atom. The normalized spacial score (nSPS) is 11.8. The highest BCUT2D eigenvalue weighted by Gasteiger charge is 2.25. The van der Waals surface area contributed by atoms with Crippen molar-refractivity contribution in [3.05, 3.63) is 30.1 Å². The molecule has 104 valence electrons. The molecule has 0 saturated heterocycles. The number of ether oxygens (including phenoxy) is 1. The molecule has 19 heavy (non-hydrogen) atoms. The Hall–Kier alpha value is -2.11. The van der Waals surface area contributed by atoms with Crippen LogP contribution in [0.5, 0.6) is 0 Å². The lowest BCUT2D eigenvalue weighted by Crippen LogP contribution is -2.46. The first kappa shape index (κ1) is 14.9. The van der Waals surface area contributed by atoms with Gasteiger partial charge in [0.05, 0.1) is 12.8 Å². The van der Waals surface area contributed by atoms with Gasteiger partial charge in [-0.3, -0.25) is 0 Å². The number of halogens is 1. The van der Waals surface area contributed by atoms with Gasteiger partial charge in [-0.1, -0.05) is 26.0 Å². The zero-order chi connectivity index (χ0) is 14.4. The first-order valence-electron chi connectivity index (χ1n) is 5.85. The van der Waals surface area contributed by atoms with E-state index in [1.54, 1.807) is 19.9 Å². The molecule has 0 unspecified atom stereocenters. The van der Waals surface area contributed by atoms with Crippen LogP contribution in [0.15, 0.2) is 24.3 Å². The predicted molar refractivity (Wildman–Crippen MR) is 69.2 cm³/mol. The van der Waals surface area contributed by atoms with Crippen LogP contribution in [-0.2, 0) is 9.53 Å². The average molecular weight is 268 g/mol. The predicted octanol–water partition coefficient (Wildman–Crippen LogP) is 2.14. The summed E-state index contributed by atoms with van der Waals surface area (Å²) in [6.07, 6.45) is 0. The van der Waals surface area contributed by atoms with Gasteiger partial charge in [0.1, 0.15) is 11.9 Å². The van der Waals surface area contributed by atoms with Crippen LogP contribution >= 0.6 is 0 Å². The maximum atomic E-state index is 13.3. The lowest BCUT2D eigenvalue weighted by molar-refractivity contribution is -0.143. The monoisotopic (exact) mass is 268 g/mol. The minimum Gasteiger partial charge on any atom is -0.467 e. The fourth-order valence-electron chi connectivity index (χ4n) is 1.49. The van der Waals surface area contributed by atoms with Crippen molar-refractivity contribution in [2.75, 3.05) is 12.4 Å². The largest absolute Gasteiger partial charge is 0.467 e. The van der Waals surface area contributed by atoms with E-state index in [9.17, 15) is 14.0 Å². The van der Waals surface area contributed by atoms with Crippen LogP contribution in [0.4, 0.5) is 14.9 Å². The van der Waals surface area contributed by atoms with E-state index in [2.05, 4.69) is 15.4 Å². The van der Waals surface area contributed by atoms with Gasteiger partial charge in [-0.05, 0) is 18.1 Å². The fraction of sp³-hybridized carbons (Fsp3) is 0.385. The molecule has 1 aromatic carbocycles. The summed E-state index contributed by atoms with van der Waals surface area (Å²) in [5.74, 6) is -1.23. The van der Waals surface area contributed by atoms with Gasteiger partial charge in [0.25, 0.3) is 0 Å². The molecule has 0 fully saturated rings. The Bertz CT molecular complexity index is 463. The number of carbonyl (C=O) groups excluding carboxylic acids is 2. The second-order valence-electron chi connectivity index (χ2n) is 4.32. The highest BCUT2D eigenvalue weighted by Crippen LogP contribution is 2.12. The maximum absolute atomic E-state index is 13.3. The highest BCUT2D eigenvalue weighted by atomic mass is 19.1. The molecular formula is C13H17FN2O3. The number of para-hydroxylation sites is 1. The molecule has 0 aliphatic rings. The molecule has 1 atom stereocenters. The van der Waals surface area contributed by atoms with Crippen LogP contribution in [0.3, 0.4) is 0 Å². The number of anilines is 1. The molecule has 0 spiro atoms. The SMILES string of the molecule is COC(=O)[C@@H](NC(=O)Nc1ccccc1F)C(C)C. The first-order valence-corrected chi connectivity index (χ1v) is 5.85. The molecular weight excluding hydrogens is 251 g/mol. The van der Waals surface area contributed by atoms with E-state index in [-0.39, 0.29) is 11.6 Å². The third kappa shape index (κ3) is 4.24. The standard InChI is InChI=1S/C13H17FN2O3/c1-8(2)11(12(17)19-3)16-13(18)15-10-7-5-4-6-9(10)14/h4-8,11H,1-3H3,(H2,15,16,18)/t11-/m0/s1. The average Bonchev–Trinajstić information content (AvgIpc) is 2.37. The number of esters is 1. The van der Waals surface area contributed by atoms with Crippen molar-refractivity contribution in [2.45, 2.75) is 19.9 Å². The molecule has 1 aromatic rings. The van der Waals surface area contributed by atoms with Crippen molar-refractivity contribution in [1.82, 2.24) is 5.32 Å². The van der Waals surface area contributed by atoms with Crippen molar-refractivity contribution in [3.63, 3.8) is 0 Å². The molecule has 2 N–H and O–H groups in total. The van der Waals surface area contributed by atoms with Crippen LogP contribution in [0, 0.1) is 11.7 Å². The number of benzene rings is 1. The van der Waals surface area contributed by atoms with Gasteiger partial charge in [0.2, 0.25) is 0 Å². The Morgan fingerprint density at radius 3 is 2.42 bits per heavy atom. The van der Waals surface area contributed by atoms with Gasteiger partial charge < -0.3 is 15.4 Å². The zero-order valence-corrected chi connectivity index (χ0v) is 11.1. The lowest BCUT2D eigenvalue weighted by atomic mass is 10.1. The van der Waals surface area contributed by atoms with E-state index >= 15 is 0 Å². The third-order valence-corrected chi connectivity index (χ3v) is 2.53. The zero-order valence-electron chi connectivity index (χ0n) is 11.1. The first-order chi connectivity index (χ1) is 8.95. The van der Waals surface area contributed by atoms with Gasteiger partial charge >= 0.3 is 12.0 Å². The van der Waals surface area contributed by atoms with Gasteiger partial charge in [0, 0.05) is 0 Å².